The molecule has 0 aromatic carbocycles. The smallest absolute Gasteiger partial charge is 0.347 e. The average Bonchev–Trinajstić information content (AvgIpc) is 2.81. The van der Waals surface area contributed by atoms with E-state index in [0.29, 0.717) is 10.6 Å². The molecule has 0 aliphatic heterocycles. The van der Waals surface area contributed by atoms with E-state index in [0.717, 1.165) is 23.5 Å². The van der Waals surface area contributed by atoms with Crippen LogP contribution in [-0.4, -0.2) is 29.7 Å². The summed E-state index contributed by atoms with van der Waals surface area (Å²) in [6.07, 6.45) is 1.27. The highest BCUT2D eigenvalue weighted by atomic mass is 32.1. The van der Waals surface area contributed by atoms with Crippen molar-refractivity contribution in [1.82, 2.24) is 4.98 Å². The molecule has 0 spiro atoms. The van der Waals surface area contributed by atoms with Crippen molar-refractivity contribution in [2.75, 3.05) is 18.5 Å². The van der Waals surface area contributed by atoms with E-state index in [9.17, 15) is 9.90 Å². The highest BCUT2D eigenvalue weighted by molar-refractivity contribution is 7.17. The van der Waals surface area contributed by atoms with E-state index >= 15 is 0 Å². The lowest BCUT2D eigenvalue weighted by atomic mass is 9.91. The molecule has 0 saturated heterocycles. The number of aromatic carboxylic acids is 1. The number of anilines is 1. The van der Waals surface area contributed by atoms with E-state index in [4.69, 9.17) is 0 Å². The van der Waals surface area contributed by atoms with Gasteiger partial charge in [0.25, 0.3) is 0 Å². The maximum atomic E-state index is 11.3. The lowest BCUT2D eigenvalue weighted by molar-refractivity contribution is 0.0699. The molecule has 1 N–H and O–H groups in total. The molecule has 0 amide bonds. The Morgan fingerprint density at radius 1 is 1.53 bits per heavy atom. The zero-order valence-corrected chi connectivity index (χ0v) is 13.0. The monoisotopic (exact) mass is 282 g/mol. The van der Waals surface area contributed by atoms with Gasteiger partial charge in [-0.2, -0.15) is 0 Å². The van der Waals surface area contributed by atoms with Crippen molar-refractivity contribution in [3.63, 3.8) is 0 Å². The Hall–Kier alpha value is -1.10. The quantitative estimate of drug-likeness (QED) is 0.921. The molecule has 0 radical (unpaired) electrons. The average molecular weight is 282 g/mol. The highest BCUT2D eigenvalue weighted by Crippen LogP contribution is 2.40. The minimum absolute atomic E-state index is 0.240. The normalized spacial score (nSPS) is 22.4. The van der Waals surface area contributed by atoms with Gasteiger partial charge >= 0.3 is 5.97 Å². The van der Waals surface area contributed by atoms with E-state index in [1.165, 1.54) is 17.8 Å². The Bertz CT molecular complexity index is 490. The largest absolute Gasteiger partial charge is 0.477 e. The summed E-state index contributed by atoms with van der Waals surface area (Å²) in [7, 11) is 2.00. The molecule has 2 atom stereocenters. The number of hydrogen-bond donors (Lipinski definition) is 1. The third-order valence-corrected chi connectivity index (χ3v) is 4.79. The number of hydrogen-bond acceptors (Lipinski definition) is 4. The molecule has 2 unspecified atom stereocenters. The van der Waals surface area contributed by atoms with E-state index in [1.807, 2.05) is 27.8 Å². The summed E-state index contributed by atoms with van der Waals surface area (Å²) in [6, 6.07) is 0. The summed E-state index contributed by atoms with van der Waals surface area (Å²) >= 11 is 1.29. The Morgan fingerprint density at radius 2 is 2.11 bits per heavy atom. The fourth-order valence-corrected chi connectivity index (χ4v) is 3.29. The van der Waals surface area contributed by atoms with Gasteiger partial charge in [-0.05, 0) is 18.3 Å². The predicted molar refractivity (Wildman–Crippen MR) is 78.3 cm³/mol. The minimum atomic E-state index is -0.873. The number of nitrogens with zero attached hydrogens (tertiary/aromatic N) is 2. The molecule has 1 saturated carbocycles. The second kappa shape index (κ2) is 4.78. The second-order valence-corrected chi connectivity index (χ2v) is 7.56. The van der Waals surface area contributed by atoms with Crippen LogP contribution in [0.25, 0.3) is 0 Å². The highest BCUT2D eigenvalue weighted by Gasteiger charge is 2.34. The maximum absolute atomic E-state index is 11.3. The molecule has 1 aliphatic carbocycles. The van der Waals surface area contributed by atoms with Crippen molar-refractivity contribution in [3.05, 3.63) is 10.6 Å². The topological polar surface area (TPSA) is 53.4 Å². The third-order valence-electron chi connectivity index (χ3n) is 3.63. The fraction of sp³-hybridized carbons (Fsp3) is 0.714. The van der Waals surface area contributed by atoms with Gasteiger partial charge < -0.3 is 10.0 Å². The molecule has 1 aliphatic rings. The number of carboxylic acids is 1. The van der Waals surface area contributed by atoms with Crippen molar-refractivity contribution in [1.29, 1.82) is 0 Å². The first kappa shape index (κ1) is 14.3. The number of carboxylic acid groups (broad SMARTS) is 1. The fourth-order valence-electron chi connectivity index (χ4n) is 2.21. The lowest BCUT2D eigenvalue weighted by Crippen LogP contribution is -2.21. The van der Waals surface area contributed by atoms with Crippen LogP contribution in [0.5, 0.6) is 0 Å². The first-order chi connectivity index (χ1) is 8.70. The van der Waals surface area contributed by atoms with Gasteiger partial charge in [0.2, 0.25) is 0 Å². The Morgan fingerprint density at radius 3 is 2.47 bits per heavy atom. The SMILES string of the molecule is CC1CC1CN(C)c1nc(C(C)(C)C)c(C(=O)O)s1. The van der Waals surface area contributed by atoms with Gasteiger partial charge in [-0.1, -0.05) is 39.0 Å². The Kier molecular flexibility index (Phi) is 3.60. The van der Waals surface area contributed by atoms with Crippen LogP contribution in [0.1, 0.15) is 49.5 Å². The van der Waals surface area contributed by atoms with Crippen LogP contribution in [0.4, 0.5) is 5.13 Å². The van der Waals surface area contributed by atoms with Gasteiger partial charge in [-0.15, -0.1) is 0 Å². The van der Waals surface area contributed by atoms with E-state index in [-0.39, 0.29) is 5.41 Å². The molecule has 106 valence electrons. The van der Waals surface area contributed by atoms with Crippen molar-refractivity contribution < 1.29 is 9.90 Å². The van der Waals surface area contributed by atoms with Crippen LogP contribution in [0.3, 0.4) is 0 Å². The summed E-state index contributed by atoms with van der Waals surface area (Å²) in [5.41, 5.74) is 0.451. The summed E-state index contributed by atoms with van der Waals surface area (Å²) in [5.74, 6) is 0.658. The van der Waals surface area contributed by atoms with Crippen molar-refractivity contribution in [2.45, 2.75) is 39.5 Å². The van der Waals surface area contributed by atoms with Crippen molar-refractivity contribution in [3.8, 4) is 0 Å². The molecule has 4 nitrogen and oxygen atoms in total. The molecule has 1 aromatic heterocycles. The molecular weight excluding hydrogens is 260 g/mol. The van der Waals surface area contributed by atoms with Crippen LogP contribution in [0.15, 0.2) is 0 Å². The second-order valence-electron chi connectivity index (χ2n) is 6.58. The zero-order valence-electron chi connectivity index (χ0n) is 12.2. The first-order valence-corrected chi connectivity index (χ1v) is 7.47. The standard InChI is InChI=1S/C14H22N2O2S/c1-8-6-9(8)7-16(5)13-15-11(14(2,3)4)10(19-13)12(17)18/h8-9H,6-7H2,1-5H3,(H,17,18). The molecule has 5 heteroatoms. The number of thiazole rings is 1. The van der Waals surface area contributed by atoms with Crippen LogP contribution in [0.2, 0.25) is 0 Å². The van der Waals surface area contributed by atoms with Gasteiger partial charge in [0.15, 0.2) is 5.13 Å². The van der Waals surface area contributed by atoms with Gasteiger partial charge in [0.05, 0.1) is 5.69 Å². The molecule has 1 fully saturated rings. The molecule has 0 bridgehead atoms. The Labute approximate surface area is 118 Å². The Balaban J connectivity index is 2.24. The van der Waals surface area contributed by atoms with E-state index in [1.54, 1.807) is 0 Å². The number of aromatic nitrogens is 1. The lowest BCUT2D eigenvalue weighted by Gasteiger charge is -2.17. The van der Waals surface area contributed by atoms with Gasteiger partial charge in [-0.3, -0.25) is 0 Å². The molecule has 19 heavy (non-hydrogen) atoms. The summed E-state index contributed by atoms with van der Waals surface area (Å²) < 4.78 is 0. The minimum Gasteiger partial charge on any atom is -0.477 e. The van der Waals surface area contributed by atoms with Gasteiger partial charge in [0, 0.05) is 19.0 Å². The molecule has 1 heterocycles. The van der Waals surface area contributed by atoms with Crippen molar-refractivity contribution >= 4 is 22.4 Å². The summed E-state index contributed by atoms with van der Waals surface area (Å²) in [5, 5.41) is 10.1. The third kappa shape index (κ3) is 3.08. The van der Waals surface area contributed by atoms with E-state index < -0.39 is 5.97 Å². The predicted octanol–water partition coefficient (Wildman–Crippen LogP) is 3.23. The molecule has 1 aromatic rings. The van der Waals surface area contributed by atoms with Crippen LogP contribution in [-0.2, 0) is 5.41 Å². The maximum Gasteiger partial charge on any atom is 0.347 e. The number of rotatable bonds is 4. The van der Waals surface area contributed by atoms with Crippen molar-refractivity contribution in [2.24, 2.45) is 11.8 Å². The van der Waals surface area contributed by atoms with Gasteiger partial charge in [-0.25, -0.2) is 9.78 Å². The molecular formula is C14H22N2O2S. The summed E-state index contributed by atoms with van der Waals surface area (Å²) in [6.45, 7) is 9.23. The zero-order chi connectivity index (χ0) is 14.4. The van der Waals surface area contributed by atoms with Crippen LogP contribution < -0.4 is 4.90 Å². The summed E-state index contributed by atoms with van der Waals surface area (Å²) in [4.78, 5) is 18.4. The van der Waals surface area contributed by atoms with Gasteiger partial charge in [0.1, 0.15) is 4.88 Å². The van der Waals surface area contributed by atoms with Crippen LogP contribution >= 0.6 is 11.3 Å². The van der Waals surface area contributed by atoms with Crippen LogP contribution in [0, 0.1) is 11.8 Å². The first-order valence-electron chi connectivity index (χ1n) is 6.66. The molecule has 2 rings (SSSR count). The van der Waals surface area contributed by atoms with E-state index in [2.05, 4.69) is 16.8 Å². The number of carbonyl (C=O) groups is 1.